The first-order chi connectivity index (χ1) is 11.7. The van der Waals surface area contributed by atoms with Crippen molar-refractivity contribution in [2.75, 3.05) is 13.1 Å². The SMILES string of the molecule is C[C@H](OC(=O)c1cccc2cccnc12)C(=O)N1CCCCCC1. The normalized spacial score (nSPS) is 16.5. The number of ether oxygens (including phenoxy) is 1. The summed E-state index contributed by atoms with van der Waals surface area (Å²) in [5, 5.41) is 0.874. The molecule has 2 aromatic rings. The zero-order chi connectivity index (χ0) is 16.9. The van der Waals surface area contributed by atoms with E-state index in [0.29, 0.717) is 11.1 Å². The lowest BCUT2D eigenvalue weighted by molar-refractivity contribution is -0.139. The van der Waals surface area contributed by atoms with Gasteiger partial charge in [-0.25, -0.2) is 4.79 Å². The Kier molecular flexibility index (Phi) is 5.08. The number of likely N-dealkylation sites (tertiary alicyclic amines) is 1. The fourth-order valence-corrected chi connectivity index (χ4v) is 3.09. The lowest BCUT2D eigenvalue weighted by Gasteiger charge is -2.24. The molecule has 1 aliphatic rings. The summed E-state index contributed by atoms with van der Waals surface area (Å²) in [5.41, 5.74) is 0.989. The van der Waals surface area contributed by atoms with Crippen LogP contribution in [0.15, 0.2) is 36.5 Å². The third kappa shape index (κ3) is 3.55. The quantitative estimate of drug-likeness (QED) is 0.813. The number of hydrogen-bond donors (Lipinski definition) is 0. The second-order valence-corrected chi connectivity index (χ2v) is 6.17. The van der Waals surface area contributed by atoms with Crippen molar-refractivity contribution in [2.24, 2.45) is 0 Å². The maximum absolute atomic E-state index is 12.5. The first kappa shape index (κ1) is 16.4. The van der Waals surface area contributed by atoms with Crippen molar-refractivity contribution in [3.8, 4) is 0 Å². The highest BCUT2D eigenvalue weighted by atomic mass is 16.5. The highest BCUT2D eigenvalue weighted by Gasteiger charge is 2.25. The zero-order valence-electron chi connectivity index (χ0n) is 13.9. The van der Waals surface area contributed by atoms with Gasteiger partial charge in [-0.15, -0.1) is 0 Å². The van der Waals surface area contributed by atoms with Crippen molar-refractivity contribution in [1.82, 2.24) is 9.88 Å². The van der Waals surface area contributed by atoms with E-state index in [1.54, 1.807) is 25.3 Å². The highest BCUT2D eigenvalue weighted by molar-refractivity contribution is 6.03. The summed E-state index contributed by atoms with van der Waals surface area (Å²) in [7, 11) is 0. The number of nitrogens with zero attached hydrogens (tertiary/aromatic N) is 2. The molecule has 2 heterocycles. The van der Waals surface area contributed by atoms with Crippen LogP contribution in [0, 0.1) is 0 Å². The monoisotopic (exact) mass is 326 g/mol. The summed E-state index contributed by atoms with van der Waals surface area (Å²) >= 11 is 0. The number of esters is 1. The Morgan fingerprint density at radius 1 is 1.08 bits per heavy atom. The van der Waals surface area contributed by atoms with E-state index in [2.05, 4.69) is 4.98 Å². The number of pyridine rings is 1. The Balaban J connectivity index is 1.72. The molecule has 1 amide bonds. The largest absolute Gasteiger partial charge is 0.449 e. The molecule has 0 spiro atoms. The molecule has 1 atom stereocenters. The molecule has 0 bridgehead atoms. The van der Waals surface area contributed by atoms with Crippen molar-refractivity contribution >= 4 is 22.8 Å². The lowest BCUT2D eigenvalue weighted by atomic mass is 10.1. The Bertz CT molecular complexity index is 731. The van der Waals surface area contributed by atoms with Gasteiger partial charge in [0.25, 0.3) is 5.91 Å². The number of fused-ring (bicyclic) bond motifs is 1. The standard InChI is InChI=1S/C19H22N2O3/c1-14(18(22)21-12-4-2-3-5-13-21)24-19(23)16-10-6-8-15-9-7-11-20-17(15)16/h6-11,14H,2-5,12-13H2,1H3/t14-/m0/s1. The van der Waals surface area contributed by atoms with E-state index in [4.69, 9.17) is 4.74 Å². The fraction of sp³-hybridized carbons (Fsp3) is 0.421. The number of hydrogen-bond acceptors (Lipinski definition) is 4. The summed E-state index contributed by atoms with van der Waals surface area (Å²) in [6, 6.07) is 9.08. The van der Waals surface area contributed by atoms with Crippen molar-refractivity contribution in [1.29, 1.82) is 0 Å². The van der Waals surface area contributed by atoms with Gasteiger partial charge in [0.1, 0.15) is 0 Å². The molecule has 0 N–H and O–H groups in total. The van der Waals surface area contributed by atoms with Gasteiger partial charge < -0.3 is 9.64 Å². The van der Waals surface area contributed by atoms with Crippen molar-refractivity contribution < 1.29 is 14.3 Å². The van der Waals surface area contributed by atoms with Gasteiger partial charge in [-0.3, -0.25) is 9.78 Å². The molecule has 1 fully saturated rings. The molecule has 0 unspecified atom stereocenters. The molecule has 1 saturated heterocycles. The summed E-state index contributed by atoms with van der Waals surface area (Å²) in [6.45, 7) is 3.14. The number of rotatable bonds is 3. The van der Waals surface area contributed by atoms with Crippen LogP contribution in [0.1, 0.15) is 43.0 Å². The average Bonchev–Trinajstić information content (AvgIpc) is 2.89. The van der Waals surface area contributed by atoms with E-state index < -0.39 is 12.1 Å². The molecule has 24 heavy (non-hydrogen) atoms. The molecule has 1 aliphatic heterocycles. The first-order valence-electron chi connectivity index (χ1n) is 8.50. The van der Waals surface area contributed by atoms with Crippen LogP contribution in [0.3, 0.4) is 0 Å². The van der Waals surface area contributed by atoms with Crippen molar-refractivity contribution in [2.45, 2.75) is 38.7 Å². The Hall–Kier alpha value is -2.43. The number of aromatic nitrogens is 1. The number of amides is 1. The summed E-state index contributed by atoms with van der Waals surface area (Å²) in [5.74, 6) is -0.617. The molecule has 0 saturated carbocycles. The van der Waals surface area contributed by atoms with Gasteiger partial charge in [-0.1, -0.05) is 31.0 Å². The van der Waals surface area contributed by atoms with E-state index in [1.165, 1.54) is 0 Å². The van der Waals surface area contributed by atoms with E-state index >= 15 is 0 Å². The van der Waals surface area contributed by atoms with Crippen LogP contribution >= 0.6 is 0 Å². The number of para-hydroxylation sites is 1. The first-order valence-corrected chi connectivity index (χ1v) is 8.50. The zero-order valence-corrected chi connectivity index (χ0v) is 13.9. The topological polar surface area (TPSA) is 59.5 Å². The molecule has 126 valence electrons. The molecule has 0 aliphatic carbocycles. The minimum Gasteiger partial charge on any atom is -0.449 e. The predicted octanol–water partition coefficient (Wildman–Crippen LogP) is 3.18. The predicted molar refractivity (Wildman–Crippen MR) is 91.7 cm³/mol. The Morgan fingerprint density at radius 2 is 1.79 bits per heavy atom. The molecule has 1 aromatic carbocycles. The van der Waals surface area contributed by atoms with Crippen LogP contribution in [-0.4, -0.2) is 41.0 Å². The summed E-state index contributed by atoms with van der Waals surface area (Å²) < 4.78 is 5.43. The number of carbonyl (C=O) groups excluding carboxylic acids is 2. The highest BCUT2D eigenvalue weighted by Crippen LogP contribution is 2.18. The molecule has 0 radical (unpaired) electrons. The van der Waals surface area contributed by atoms with Crippen LogP contribution < -0.4 is 0 Å². The van der Waals surface area contributed by atoms with Crippen molar-refractivity contribution in [3.05, 3.63) is 42.1 Å². The van der Waals surface area contributed by atoms with Crippen LogP contribution in [0.25, 0.3) is 10.9 Å². The summed E-state index contributed by atoms with van der Waals surface area (Å²) in [6.07, 6.45) is 5.19. The van der Waals surface area contributed by atoms with Crippen LogP contribution in [0.5, 0.6) is 0 Å². The maximum atomic E-state index is 12.5. The molecular formula is C19H22N2O3. The van der Waals surface area contributed by atoms with E-state index in [9.17, 15) is 9.59 Å². The average molecular weight is 326 g/mol. The minimum atomic E-state index is -0.783. The van der Waals surface area contributed by atoms with Gasteiger partial charge in [0.15, 0.2) is 6.10 Å². The van der Waals surface area contributed by atoms with Gasteiger partial charge in [-0.2, -0.15) is 0 Å². The minimum absolute atomic E-state index is 0.113. The van der Waals surface area contributed by atoms with Gasteiger partial charge in [0, 0.05) is 24.7 Å². The van der Waals surface area contributed by atoms with Gasteiger partial charge in [-0.05, 0) is 31.9 Å². The number of carbonyl (C=O) groups is 2. The second kappa shape index (κ2) is 7.43. The third-order valence-electron chi connectivity index (χ3n) is 4.40. The van der Waals surface area contributed by atoms with Crippen molar-refractivity contribution in [3.63, 3.8) is 0 Å². The van der Waals surface area contributed by atoms with E-state index in [1.807, 2.05) is 23.1 Å². The third-order valence-corrected chi connectivity index (χ3v) is 4.40. The molecule has 1 aromatic heterocycles. The van der Waals surface area contributed by atoms with E-state index in [-0.39, 0.29) is 5.91 Å². The fourth-order valence-electron chi connectivity index (χ4n) is 3.09. The van der Waals surface area contributed by atoms with Gasteiger partial charge >= 0.3 is 5.97 Å². The molecule has 5 nitrogen and oxygen atoms in total. The lowest BCUT2D eigenvalue weighted by Crippen LogP contribution is -2.40. The van der Waals surface area contributed by atoms with Gasteiger partial charge in [0.2, 0.25) is 0 Å². The van der Waals surface area contributed by atoms with Gasteiger partial charge in [0.05, 0.1) is 11.1 Å². The Morgan fingerprint density at radius 3 is 2.54 bits per heavy atom. The molecule has 3 rings (SSSR count). The van der Waals surface area contributed by atoms with Crippen LogP contribution in [-0.2, 0) is 9.53 Å². The second-order valence-electron chi connectivity index (χ2n) is 6.17. The summed E-state index contributed by atoms with van der Waals surface area (Å²) in [4.78, 5) is 31.1. The van der Waals surface area contributed by atoms with Crippen LogP contribution in [0.4, 0.5) is 0 Å². The molecule has 5 heteroatoms. The smallest absolute Gasteiger partial charge is 0.341 e. The number of benzene rings is 1. The van der Waals surface area contributed by atoms with E-state index in [0.717, 1.165) is 44.2 Å². The Labute approximate surface area is 141 Å². The maximum Gasteiger partial charge on any atom is 0.341 e. The molecular weight excluding hydrogens is 304 g/mol. The van der Waals surface area contributed by atoms with Crippen LogP contribution in [0.2, 0.25) is 0 Å².